The molecule has 10 aromatic rings. The van der Waals surface area contributed by atoms with Crippen LogP contribution in [0.2, 0.25) is 0 Å². The lowest BCUT2D eigenvalue weighted by Gasteiger charge is -2.44. The van der Waals surface area contributed by atoms with Crippen molar-refractivity contribution in [2.24, 2.45) is 0 Å². The summed E-state index contributed by atoms with van der Waals surface area (Å²) in [4.78, 5) is 13.3. The molecule has 0 saturated heterocycles. The van der Waals surface area contributed by atoms with Crippen molar-refractivity contribution in [2.45, 2.75) is 13.0 Å². The van der Waals surface area contributed by atoms with Crippen LogP contribution in [0.25, 0.3) is 32.4 Å². The maximum atomic E-state index is 15.4. The molecule has 9 aromatic carbocycles. The van der Waals surface area contributed by atoms with E-state index < -0.39 is 144 Å². The summed E-state index contributed by atoms with van der Waals surface area (Å²) < 4.78 is 296. The Morgan fingerprint density at radius 1 is 0.329 bits per heavy atom. The maximum absolute atomic E-state index is 15.4. The SMILES string of the molecule is Fc1c(F)c(F)c([B-](c2c(F)c(F)c(F)c(F)c2F)(c2c(F)c(F)c(F)c(F)c2F)c2c(F)c(F)c(F)c(F)c2F)c(F)c1F.O=C(C[n+]1c(Cc2c3ccccc3cc3ccccc23)ccc2ccccc21)c1ccccc1. The number of pyridine rings is 1. The average Bonchev–Trinajstić information content (AvgIpc) is 3.64. The Morgan fingerprint density at radius 2 is 0.633 bits per heavy atom. The first-order valence-corrected chi connectivity index (χ1v) is 22.6. The molecule has 0 aliphatic heterocycles. The van der Waals surface area contributed by atoms with E-state index in [0.29, 0.717) is 6.54 Å². The fourth-order valence-corrected chi connectivity index (χ4v) is 9.86. The molecule has 0 bridgehead atoms. The molecule has 10 rings (SSSR count). The third-order valence-corrected chi connectivity index (χ3v) is 13.4. The Kier molecular flexibility index (Phi) is 14.5. The van der Waals surface area contributed by atoms with Crippen LogP contribution in [0.3, 0.4) is 0 Å². The fraction of sp³-hybridized carbons (Fsp3) is 0.0357. The predicted octanol–water partition coefficient (Wildman–Crippen LogP) is 12.8. The average molecular weight is 1120 g/mol. The molecule has 79 heavy (non-hydrogen) atoms. The van der Waals surface area contributed by atoms with Gasteiger partial charge in [-0.3, -0.25) is 4.79 Å². The number of benzene rings is 9. The quantitative estimate of drug-likeness (QED) is 0.0268. The molecule has 0 amide bonds. The summed E-state index contributed by atoms with van der Waals surface area (Å²) in [6, 6.07) is 41.7. The Labute approximate surface area is 429 Å². The molecule has 2 nitrogen and oxygen atoms in total. The van der Waals surface area contributed by atoms with E-state index in [-0.39, 0.29) is 5.78 Å². The predicted molar refractivity (Wildman–Crippen MR) is 248 cm³/mol. The van der Waals surface area contributed by atoms with Gasteiger partial charge in [-0.05, 0) is 45.3 Å². The topological polar surface area (TPSA) is 20.9 Å². The maximum Gasteiger partial charge on any atom is 0.227 e. The van der Waals surface area contributed by atoms with Crippen molar-refractivity contribution in [2.75, 3.05) is 0 Å². The highest BCUT2D eigenvalue weighted by atomic mass is 19.2. The second-order valence-electron chi connectivity index (χ2n) is 17.5. The van der Waals surface area contributed by atoms with Crippen LogP contribution in [0.4, 0.5) is 87.8 Å². The Balaban J connectivity index is 0.000000198. The van der Waals surface area contributed by atoms with E-state index in [4.69, 9.17) is 0 Å². The molecule has 0 spiro atoms. The Hall–Kier alpha value is -8.76. The molecule has 23 heteroatoms. The number of rotatable bonds is 9. The first-order chi connectivity index (χ1) is 37.5. The lowest BCUT2D eigenvalue weighted by atomic mass is 9.12. The van der Waals surface area contributed by atoms with Crippen molar-refractivity contribution in [3.05, 3.63) is 254 Å². The van der Waals surface area contributed by atoms with Gasteiger partial charge in [0.05, 0.1) is 6.42 Å². The highest BCUT2D eigenvalue weighted by Gasteiger charge is 2.52. The molecule has 0 aliphatic rings. The molecular formula is C56H24BF20NO. The Morgan fingerprint density at radius 3 is 1.00 bits per heavy atom. The second-order valence-corrected chi connectivity index (χ2v) is 17.5. The number of fused-ring (bicyclic) bond motifs is 3. The van der Waals surface area contributed by atoms with E-state index >= 15 is 35.1 Å². The minimum Gasteiger partial charge on any atom is -0.287 e. The highest BCUT2D eigenvalue weighted by molar-refractivity contribution is 7.20. The van der Waals surface area contributed by atoms with Crippen molar-refractivity contribution in [3.63, 3.8) is 0 Å². The molecule has 0 N–H and O–H groups in total. The van der Waals surface area contributed by atoms with Gasteiger partial charge in [0.2, 0.25) is 17.8 Å². The normalized spacial score (nSPS) is 11.7. The number of hydrogen-bond donors (Lipinski definition) is 0. The minimum atomic E-state index is -7.22. The highest BCUT2D eigenvalue weighted by Crippen LogP contribution is 2.33. The van der Waals surface area contributed by atoms with E-state index in [1.165, 1.54) is 27.1 Å². The van der Waals surface area contributed by atoms with Gasteiger partial charge in [0.1, 0.15) is 52.7 Å². The van der Waals surface area contributed by atoms with Crippen LogP contribution in [0.1, 0.15) is 21.6 Å². The number of ketones is 1. The lowest BCUT2D eigenvalue weighted by Crippen LogP contribution is -2.81. The lowest BCUT2D eigenvalue weighted by molar-refractivity contribution is -0.664. The summed E-state index contributed by atoms with van der Waals surface area (Å²) in [6.45, 7) is 0.309. The van der Waals surface area contributed by atoms with Crippen molar-refractivity contribution >= 4 is 66.2 Å². The number of hydrogen-bond acceptors (Lipinski definition) is 1. The number of carbonyl (C=O) groups excluding carboxylic acids is 1. The summed E-state index contributed by atoms with van der Waals surface area (Å²) >= 11 is 0. The van der Waals surface area contributed by atoms with Crippen molar-refractivity contribution < 1.29 is 97.2 Å². The summed E-state index contributed by atoms with van der Waals surface area (Å²) in [5.41, 5.74) is -10.1. The van der Waals surface area contributed by atoms with E-state index in [1.807, 2.05) is 42.5 Å². The zero-order valence-corrected chi connectivity index (χ0v) is 39.0. The molecule has 0 unspecified atom stereocenters. The van der Waals surface area contributed by atoms with Gasteiger partial charge in [-0.2, -0.15) is 4.57 Å². The van der Waals surface area contributed by atoms with E-state index in [9.17, 15) is 57.5 Å². The number of Topliss-reactive ketones (excluding diaryl/α,β-unsaturated/α-hetero) is 1. The monoisotopic (exact) mass is 1120 g/mol. The standard InChI is InChI=1S/C32H24NO.C24BF20/c34-32(24-11-2-1-3-12-24)22-33-27(19-18-23-10-6-9-17-31(23)33)21-30-28-15-7-4-13-25(28)20-26-14-5-8-16-29(26)30;26-5-1(6(27)14(35)21(42)13(5)34)25(2-7(28)15(36)22(43)16(37)8(2)29,3-9(30)17(38)23(44)18(39)10(3)31)4-11(32)19(40)24(45)20(41)12(4)33/h1-20H,21-22H2;/q+1;-1. The zero-order valence-electron chi connectivity index (χ0n) is 39.0. The number of nitrogens with zero attached hydrogens (tertiary/aromatic N) is 1. The molecule has 0 fully saturated rings. The summed E-state index contributed by atoms with van der Waals surface area (Å²) in [6.07, 6.45) is -6.47. The minimum absolute atomic E-state index is 0.117. The van der Waals surface area contributed by atoms with Gasteiger partial charge in [0, 0.05) is 23.1 Å². The van der Waals surface area contributed by atoms with Crippen LogP contribution in [-0.4, -0.2) is 11.9 Å². The molecule has 0 aliphatic carbocycles. The smallest absolute Gasteiger partial charge is 0.227 e. The molecule has 1 heterocycles. The second kappa shape index (κ2) is 20.9. The van der Waals surface area contributed by atoms with E-state index in [1.54, 1.807) is 0 Å². The fourth-order valence-electron chi connectivity index (χ4n) is 9.86. The summed E-state index contributed by atoms with van der Waals surface area (Å²) in [5, 5.41) is 6.13. The number of halogens is 20. The first-order valence-electron chi connectivity index (χ1n) is 22.6. The van der Waals surface area contributed by atoms with Gasteiger partial charge in [0.15, 0.2) is 75.5 Å². The van der Waals surface area contributed by atoms with Crippen LogP contribution < -0.4 is 26.4 Å². The van der Waals surface area contributed by atoms with E-state index in [2.05, 4.69) is 83.4 Å². The van der Waals surface area contributed by atoms with Gasteiger partial charge in [0.25, 0.3) is 0 Å². The molecule has 1 aromatic heterocycles. The third kappa shape index (κ3) is 8.74. The molecule has 0 atom stereocenters. The molecular weight excluding hydrogens is 1090 g/mol. The van der Waals surface area contributed by atoms with Crippen LogP contribution >= 0.6 is 0 Å². The first kappa shape index (κ1) is 55.0. The molecule has 0 radical (unpaired) electrons. The summed E-state index contributed by atoms with van der Waals surface area (Å²) in [5.74, 6) is -71.3. The Bertz CT molecular complexity index is 3740. The summed E-state index contributed by atoms with van der Waals surface area (Å²) in [7, 11) is 0. The van der Waals surface area contributed by atoms with Gasteiger partial charge in [-0.15, -0.1) is 21.9 Å². The largest absolute Gasteiger partial charge is 0.287 e. The van der Waals surface area contributed by atoms with Crippen molar-refractivity contribution in [1.82, 2.24) is 0 Å². The van der Waals surface area contributed by atoms with Gasteiger partial charge >= 0.3 is 0 Å². The van der Waals surface area contributed by atoms with Gasteiger partial charge in [-0.1, -0.05) is 91.0 Å². The molecule has 402 valence electrons. The van der Waals surface area contributed by atoms with Crippen LogP contribution in [0, 0.1) is 116 Å². The van der Waals surface area contributed by atoms with Crippen LogP contribution in [0.5, 0.6) is 0 Å². The van der Waals surface area contributed by atoms with E-state index in [0.717, 1.165) is 28.6 Å². The number of para-hydroxylation sites is 1. The number of carbonyl (C=O) groups is 1. The van der Waals surface area contributed by atoms with Gasteiger partial charge < -0.3 is 0 Å². The van der Waals surface area contributed by atoms with Crippen molar-refractivity contribution in [1.29, 1.82) is 0 Å². The number of aromatic nitrogens is 1. The van der Waals surface area contributed by atoms with Crippen LogP contribution in [0.15, 0.2) is 121 Å². The zero-order chi connectivity index (χ0) is 57.3. The van der Waals surface area contributed by atoms with Crippen molar-refractivity contribution in [3.8, 4) is 0 Å². The third-order valence-electron chi connectivity index (χ3n) is 13.4. The van der Waals surface area contributed by atoms with Crippen LogP contribution in [-0.2, 0) is 13.0 Å². The molecule has 0 saturated carbocycles. The van der Waals surface area contributed by atoms with Gasteiger partial charge in [-0.25, -0.2) is 87.8 Å².